The van der Waals surface area contributed by atoms with Crippen molar-refractivity contribution in [2.75, 3.05) is 43.5 Å². The van der Waals surface area contributed by atoms with Gasteiger partial charge in [0.2, 0.25) is 0 Å². The van der Waals surface area contributed by atoms with Crippen LogP contribution in [0.3, 0.4) is 0 Å². The Morgan fingerprint density at radius 3 is 2.42 bits per heavy atom. The average Bonchev–Trinajstić information content (AvgIpc) is 3.12. The van der Waals surface area contributed by atoms with E-state index in [9.17, 15) is 9.59 Å². The molecule has 1 N–H and O–H groups in total. The van der Waals surface area contributed by atoms with Gasteiger partial charge >= 0.3 is 0 Å². The van der Waals surface area contributed by atoms with Gasteiger partial charge in [-0.25, -0.2) is 0 Å². The van der Waals surface area contributed by atoms with E-state index in [0.717, 1.165) is 36.5 Å². The number of benzene rings is 2. The molecule has 3 aromatic rings. The molecule has 0 atom stereocenters. The maximum atomic E-state index is 13.5. The lowest BCUT2D eigenvalue weighted by Gasteiger charge is -2.25. The zero-order valence-electron chi connectivity index (χ0n) is 19.0. The number of ether oxygens (including phenoxy) is 1. The first-order chi connectivity index (χ1) is 16.1. The third kappa shape index (κ3) is 5.14. The number of para-hydroxylation sites is 1. The van der Waals surface area contributed by atoms with Gasteiger partial charge in [-0.15, -0.1) is 0 Å². The largest absolute Gasteiger partial charge is 0.497 e. The summed E-state index contributed by atoms with van der Waals surface area (Å²) in [5.41, 5.74) is 3.52. The molecule has 0 aliphatic carbocycles. The number of hydrogen-bond acceptors (Lipinski definition) is 5. The van der Waals surface area contributed by atoms with Crippen molar-refractivity contribution >= 4 is 23.2 Å². The van der Waals surface area contributed by atoms with Crippen LogP contribution in [0.4, 0.5) is 11.4 Å². The molecular weight excluding hydrogens is 416 g/mol. The van der Waals surface area contributed by atoms with Crippen LogP contribution in [0, 0.1) is 6.92 Å². The van der Waals surface area contributed by atoms with E-state index in [-0.39, 0.29) is 11.8 Å². The highest BCUT2D eigenvalue weighted by Crippen LogP contribution is 2.25. The number of nitrogens with one attached hydrogen (secondary N) is 1. The molecule has 1 fully saturated rings. The number of rotatable bonds is 5. The highest BCUT2D eigenvalue weighted by molar-refractivity contribution is 6.09. The van der Waals surface area contributed by atoms with Gasteiger partial charge in [-0.1, -0.05) is 12.1 Å². The zero-order chi connectivity index (χ0) is 23.2. The monoisotopic (exact) mass is 444 g/mol. The van der Waals surface area contributed by atoms with Crippen LogP contribution in [-0.4, -0.2) is 55.0 Å². The first kappa shape index (κ1) is 22.3. The van der Waals surface area contributed by atoms with Crippen molar-refractivity contribution < 1.29 is 14.3 Å². The van der Waals surface area contributed by atoms with Crippen LogP contribution in [-0.2, 0) is 0 Å². The van der Waals surface area contributed by atoms with Crippen molar-refractivity contribution in [3.63, 3.8) is 0 Å². The maximum Gasteiger partial charge on any atom is 0.256 e. The summed E-state index contributed by atoms with van der Waals surface area (Å²) in [5, 5.41) is 2.94. The number of hydrogen-bond donors (Lipinski definition) is 1. The molecule has 1 aliphatic heterocycles. The summed E-state index contributed by atoms with van der Waals surface area (Å²) in [6, 6.07) is 16.8. The molecule has 4 rings (SSSR count). The first-order valence-corrected chi connectivity index (χ1v) is 11.1. The van der Waals surface area contributed by atoms with Gasteiger partial charge in [0, 0.05) is 49.8 Å². The topological polar surface area (TPSA) is 74.8 Å². The molecule has 0 unspecified atom stereocenters. The zero-order valence-corrected chi connectivity index (χ0v) is 19.0. The fourth-order valence-corrected chi connectivity index (χ4v) is 4.04. The second-order valence-corrected chi connectivity index (χ2v) is 8.02. The number of carbonyl (C=O) groups is 2. The summed E-state index contributed by atoms with van der Waals surface area (Å²) >= 11 is 0. The fraction of sp³-hybridized carbons (Fsp3) is 0.269. The van der Waals surface area contributed by atoms with E-state index >= 15 is 0 Å². The Balaban J connectivity index is 1.49. The van der Waals surface area contributed by atoms with Gasteiger partial charge in [0.05, 0.1) is 18.4 Å². The Bertz CT molecular complexity index is 1120. The maximum absolute atomic E-state index is 13.5. The third-order valence-electron chi connectivity index (χ3n) is 5.90. The van der Waals surface area contributed by atoms with Crippen LogP contribution in [0.1, 0.15) is 32.7 Å². The molecule has 0 saturated carbocycles. The third-order valence-corrected chi connectivity index (χ3v) is 5.90. The minimum Gasteiger partial charge on any atom is -0.497 e. The lowest BCUT2D eigenvalue weighted by molar-refractivity contribution is 0.0768. The van der Waals surface area contributed by atoms with E-state index in [1.54, 1.807) is 37.7 Å². The second-order valence-electron chi connectivity index (χ2n) is 8.02. The Labute approximate surface area is 194 Å². The van der Waals surface area contributed by atoms with Crippen LogP contribution in [0.15, 0.2) is 67.0 Å². The normalized spacial score (nSPS) is 13.9. The first-order valence-electron chi connectivity index (χ1n) is 11.1. The van der Waals surface area contributed by atoms with Gasteiger partial charge in [-0.05, 0) is 61.4 Å². The molecule has 0 bridgehead atoms. The molecule has 0 spiro atoms. The van der Waals surface area contributed by atoms with Crippen LogP contribution >= 0.6 is 0 Å². The summed E-state index contributed by atoms with van der Waals surface area (Å²) in [7, 11) is 1.66. The molecular formula is C26H28N4O3. The predicted molar refractivity (Wildman–Crippen MR) is 129 cm³/mol. The van der Waals surface area contributed by atoms with E-state index in [1.165, 1.54) is 0 Å². The van der Waals surface area contributed by atoms with Crippen molar-refractivity contribution in [2.24, 2.45) is 0 Å². The Hall–Kier alpha value is -3.87. The number of carbonyl (C=O) groups excluding carboxylic acids is 2. The Kier molecular flexibility index (Phi) is 6.88. The predicted octanol–water partition coefficient (Wildman–Crippen LogP) is 4.00. The van der Waals surface area contributed by atoms with Crippen LogP contribution in [0.25, 0.3) is 0 Å². The quantitative estimate of drug-likeness (QED) is 0.644. The average molecular weight is 445 g/mol. The van der Waals surface area contributed by atoms with Crippen LogP contribution in [0.5, 0.6) is 5.75 Å². The van der Waals surface area contributed by atoms with Gasteiger partial charge in [0.1, 0.15) is 5.75 Å². The van der Waals surface area contributed by atoms with Crippen molar-refractivity contribution in [3.8, 4) is 5.75 Å². The SMILES string of the molecule is COc1ccc(N2CCCN(C(=O)c3cccc(C)c3NC(=O)c3ccncc3)CC2)cc1. The number of amides is 2. The van der Waals surface area contributed by atoms with Crippen molar-refractivity contribution in [1.82, 2.24) is 9.88 Å². The molecule has 1 aromatic heterocycles. The number of aryl methyl sites for hydroxylation is 1. The number of pyridine rings is 1. The minimum absolute atomic E-state index is 0.0692. The van der Waals surface area contributed by atoms with Crippen molar-refractivity contribution in [2.45, 2.75) is 13.3 Å². The van der Waals surface area contributed by atoms with Crippen LogP contribution < -0.4 is 15.0 Å². The molecule has 2 amide bonds. The van der Waals surface area contributed by atoms with Gasteiger partial charge in [-0.3, -0.25) is 14.6 Å². The number of methoxy groups -OCH3 is 1. The Morgan fingerprint density at radius 2 is 1.70 bits per heavy atom. The van der Waals surface area contributed by atoms with E-state index < -0.39 is 0 Å². The standard InChI is InChI=1S/C26H28N4O3/c1-19-5-3-6-23(24(19)28-25(31)20-11-13-27-14-12-20)26(32)30-16-4-15-29(17-18-30)21-7-9-22(33-2)10-8-21/h3,5-14H,4,15-18H2,1-2H3,(H,28,31). The van der Waals surface area contributed by atoms with Gasteiger partial charge in [0.15, 0.2) is 0 Å². The van der Waals surface area contributed by atoms with Crippen molar-refractivity contribution in [3.05, 3.63) is 83.7 Å². The lowest BCUT2D eigenvalue weighted by atomic mass is 10.1. The number of anilines is 2. The summed E-state index contributed by atoms with van der Waals surface area (Å²) < 4.78 is 5.25. The molecule has 170 valence electrons. The van der Waals surface area contributed by atoms with Gasteiger partial charge < -0.3 is 19.9 Å². The molecule has 2 heterocycles. The lowest BCUT2D eigenvalue weighted by Crippen LogP contribution is -2.35. The molecule has 0 radical (unpaired) electrons. The molecule has 7 nitrogen and oxygen atoms in total. The van der Waals surface area contributed by atoms with E-state index in [4.69, 9.17) is 4.74 Å². The molecule has 33 heavy (non-hydrogen) atoms. The smallest absolute Gasteiger partial charge is 0.256 e. The summed E-state index contributed by atoms with van der Waals surface area (Å²) in [6.07, 6.45) is 4.01. The van der Waals surface area contributed by atoms with E-state index in [0.29, 0.717) is 29.9 Å². The number of nitrogens with zero attached hydrogens (tertiary/aromatic N) is 3. The Morgan fingerprint density at radius 1 is 0.939 bits per heavy atom. The molecule has 1 saturated heterocycles. The summed E-state index contributed by atoms with van der Waals surface area (Å²) in [5.74, 6) is 0.494. The van der Waals surface area contributed by atoms with E-state index in [2.05, 4.69) is 15.2 Å². The fourth-order valence-electron chi connectivity index (χ4n) is 4.04. The molecule has 1 aliphatic rings. The van der Waals surface area contributed by atoms with E-state index in [1.807, 2.05) is 48.2 Å². The van der Waals surface area contributed by atoms with Gasteiger partial charge in [-0.2, -0.15) is 0 Å². The number of aromatic nitrogens is 1. The second kappa shape index (κ2) is 10.2. The van der Waals surface area contributed by atoms with Gasteiger partial charge in [0.25, 0.3) is 11.8 Å². The minimum atomic E-state index is -0.262. The molecule has 7 heteroatoms. The highest BCUT2D eigenvalue weighted by Gasteiger charge is 2.24. The highest BCUT2D eigenvalue weighted by atomic mass is 16.5. The van der Waals surface area contributed by atoms with Crippen molar-refractivity contribution in [1.29, 1.82) is 0 Å². The summed E-state index contributed by atoms with van der Waals surface area (Å²) in [6.45, 7) is 4.78. The molecule has 2 aromatic carbocycles. The van der Waals surface area contributed by atoms with Crippen LogP contribution in [0.2, 0.25) is 0 Å². The summed E-state index contributed by atoms with van der Waals surface area (Å²) in [4.78, 5) is 34.4.